The van der Waals surface area contributed by atoms with E-state index in [9.17, 15) is 22.4 Å². The van der Waals surface area contributed by atoms with E-state index in [4.69, 9.17) is 10.00 Å². The Bertz CT molecular complexity index is 937. The molecule has 7 nitrogen and oxygen atoms in total. The molecule has 0 N–H and O–H groups in total. The van der Waals surface area contributed by atoms with E-state index in [0.717, 1.165) is 18.5 Å². The van der Waals surface area contributed by atoms with Crippen LogP contribution in [0.4, 0.5) is 23.2 Å². The molecule has 0 atom stereocenters. The third-order valence-corrected chi connectivity index (χ3v) is 3.28. The van der Waals surface area contributed by atoms with Gasteiger partial charge in [0.1, 0.15) is 11.8 Å². The van der Waals surface area contributed by atoms with E-state index in [-0.39, 0.29) is 24.4 Å². The molecule has 138 valence electrons. The molecule has 26 heavy (non-hydrogen) atoms. The Labute approximate surface area is 144 Å². The topological polar surface area (TPSA) is 85.2 Å². The number of aromatic nitrogens is 3. The summed E-state index contributed by atoms with van der Waals surface area (Å²) in [5, 5.41) is 12.3. The van der Waals surface area contributed by atoms with Gasteiger partial charge in [0.25, 0.3) is 0 Å². The molecule has 0 fully saturated rings. The summed E-state index contributed by atoms with van der Waals surface area (Å²) in [7, 11) is 0. The van der Waals surface area contributed by atoms with Gasteiger partial charge in [-0.05, 0) is 26.0 Å². The van der Waals surface area contributed by atoms with Gasteiger partial charge in [0.2, 0.25) is 5.82 Å². The zero-order valence-electron chi connectivity index (χ0n) is 13.7. The average Bonchev–Trinajstić information content (AvgIpc) is 2.92. The first-order valence-electron chi connectivity index (χ1n) is 7.39. The number of halogens is 4. The van der Waals surface area contributed by atoms with E-state index in [2.05, 4.69) is 10.1 Å². The number of benzene rings is 1. The first-order chi connectivity index (χ1) is 12.2. The first kappa shape index (κ1) is 19.2. The number of nitrogens with zero attached hydrogens (tertiary/aromatic N) is 5. The fourth-order valence-corrected chi connectivity index (χ4v) is 2.13. The van der Waals surface area contributed by atoms with Crippen molar-refractivity contribution < 1.29 is 22.3 Å². The van der Waals surface area contributed by atoms with Gasteiger partial charge in [0, 0.05) is 6.54 Å². The predicted octanol–water partition coefficient (Wildman–Crippen LogP) is 2.78. The van der Waals surface area contributed by atoms with Crippen molar-refractivity contribution in [3.63, 3.8) is 0 Å². The zero-order valence-corrected chi connectivity index (χ0v) is 13.7. The molecule has 0 unspecified atom stereocenters. The van der Waals surface area contributed by atoms with Crippen LogP contribution >= 0.6 is 0 Å². The molecule has 11 heteroatoms. The largest absolute Gasteiger partial charge is 0.483 e. The van der Waals surface area contributed by atoms with E-state index >= 15 is 0 Å². The van der Waals surface area contributed by atoms with Crippen LogP contribution < -0.4 is 5.69 Å². The van der Waals surface area contributed by atoms with E-state index in [1.807, 2.05) is 0 Å². The molecule has 0 saturated carbocycles. The molecule has 2 aromatic rings. The lowest BCUT2D eigenvalue weighted by Crippen LogP contribution is -2.26. The Balaban J connectivity index is 2.70. The third kappa shape index (κ3) is 3.58. The number of rotatable bonds is 5. The quantitative estimate of drug-likeness (QED) is 0.460. The Hall–Kier alpha value is -3.16. The Morgan fingerprint density at radius 3 is 2.58 bits per heavy atom. The summed E-state index contributed by atoms with van der Waals surface area (Å²) in [5.41, 5.74) is -1.98. The van der Waals surface area contributed by atoms with Crippen molar-refractivity contribution in [2.24, 2.45) is 4.99 Å². The van der Waals surface area contributed by atoms with Crippen molar-refractivity contribution in [1.82, 2.24) is 14.3 Å². The van der Waals surface area contributed by atoms with Crippen molar-refractivity contribution in [2.75, 3.05) is 6.61 Å². The molecule has 1 aromatic heterocycles. The minimum absolute atomic E-state index is 0.0798. The minimum atomic E-state index is -4.89. The third-order valence-electron chi connectivity index (χ3n) is 3.28. The van der Waals surface area contributed by atoms with Crippen LogP contribution in [0.15, 0.2) is 21.9 Å². The summed E-state index contributed by atoms with van der Waals surface area (Å²) in [6.45, 7) is 2.99. The maximum atomic E-state index is 14.3. The Morgan fingerprint density at radius 2 is 2.08 bits per heavy atom. The molecule has 2 rings (SSSR count). The summed E-state index contributed by atoms with van der Waals surface area (Å²) in [6, 6.07) is 3.43. The van der Waals surface area contributed by atoms with Crippen LogP contribution in [0, 0.1) is 17.1 Å². The second-order valence-corrected chi connectivity index (χ2v) is 4.88. The monoisotopic (exact) mass is 371 g/mol. The standard InChI is InChI=1S/C15H13F4N5O2/c1-3-23-13(15(17,18)19)22-24(14(23)25)12-6-11(21-8-26-4-2)9(7-20)5-10(12)16/h5-6,8H,3-4H2,1-2H3. The fourth-order valence-electron chi connectivity index (χ4n) is 2.13. The maximum Gasteiger partial charge on any atom is 0.451 e. The minimum Gasteiger partial charge on any atom is -0.483 e. The maximum absolute atomic E-state index is 14.3. The van der Waals surface area contributed by atoms with E-state index in [0.29, 0.717) is 9.25 Å². The van der Waals surface area contributed by atoms with E-state index in [1.165, 1.54) is 6.92 Å². The van der Waals surface area contributed by atoms with Crippen LogP contribution in [0.1, 0.15) is 25.2 Å². The lowest BCUT2D eigenvalue weighted by atomic mass is 10.1. The van der Waals surface area contributed by atoms with Crippen molar-refractivity contribution in [3.8, 4) is 11.8 Å². The predicted molar refractivity (Wildman–Crippen MR) is 83.0 cm³/mol. The summed E-state index contributed by atoms with van der Waals surface area (Å²) in [6.07, 6.45) is -3.88. The van der Waals surface area contributed by atoms with Gasteiger partial charge in [-0.2, -0.15) is 23.1 Å². The summed E-state index contributed by atoms with van der Waals surface area (Å²) in [4.78, 5) is 16.0. The van der Waals surface area contributed by atoms with Crippen LogP contribution in [0.25, 0.3) is 5.69 Å². The van der Waals surface area contributed by atoms with Crippen molar-refractivity contribution in [2.45, 2.75) is 26.6 Å². The average molecular weight is 371 g/mol. The van der Waals surface area contributed by atoms with Crippen LogP contribution in [0.3, 0.4) is 0 Å². The lowest BCUT2D eigenvalue weighted by molar-refractivity contribution is -0.147. The Kier molecular flexibility index (Phi) is 5.44. The second kappa shape index (κ2) is 7.38. The highest BCUT2D eigenvalue weighted by Gasteiger charge is 2.39. The van der Waals surface area contributed by atoms with Crippen LogP contribution in [0.2, 0.25) is 0 Å². The molecule has 0 spiro atoms. The molecule has 1 heterocycles. The molecular weight excluding hydrogens is 358 g/mol. The van der Waals surface area contributed by atoms with Gasteiger partial charge in [-0.3, -0.25) is 4.57 Å². The van der Waals surface area contributed by atoms with Gasteiger partial charge >= 0.3 is 11.9 Å². The molecule has 1 aromatic carbocycles. The molecule has 0 aliphatic rings. The van der Waals surface area contributed by atoms with Crippen LogP contribution in [0.5, 0.6) is 0 Å². The number of aliphatic imine (C=N–C) groups is 1. The van der Waals surface area contributed by atoms with Crippen molar-refractivity contribution in [3.05, 3.63) is 39.8 Å². The molecular formula is C15H13F4N5O2. The second-order valence-electron chi connectivity index (χ2n) is 4.88. The van der Waals surface area contributed by atoms with Gasteiger partial charge in [0.05, 0.1) is 17.9 Å². The number of ether oxygens (including phenoxy) is 1. The Morgan fingerprint density at radius 1 is 1.38 bits per heavy atom. The van der Waals surface area contributed by atoms with Gasteiger partial charge in [-0.1, -0.05) is 0 Å². The van der Waals surface area contributed by atoms with Gasteiger partial charge in [0.15, 0.2) is 12.2 Å². The lowest BCUT2D eigenvalue weighted by Gasteiger charge is -2.05. The molecule has 0 aliphatic carbocycles. The fraction of sp³-hybridized carbons (Fsp3) is 0.333. The number of alkyl halides is 3. The van der Waals surface area contributed by atoms with Crippen molar-refractivity contribution in [1.29, 1.82) is 5.26 Å². The van der Waals surface area contributed by atoms with Gasteiger partial charge in [-0.25, -0.2) is 14.2 Å². The van der Waals surface area contributed by atoms with Gasteiger partial charge in [-0.15, -0.1) is 5.10 Å². The zero-order chi connectivity index (χ0) is 19.5. The van der Waals surface area contributed by atoms with Crippen LogP contribution in [-0.2, 0) is 17.5 Å². The normalized spacial score (nSPS) is 11.7. The highest BCUT2D eigenvalue weighted by atomic mass is 19.4. The van der Waals surface area contributed by atoms with E-state index in [1.54, 1.807) is 13.0 Å². The first-order valence-corrected chi connectivity index (χ1v) is 7.39. The van der Waals surface area contributed by atoms with Crippen molar-refractivity contribution >= 4 is 12.1 Å². The molecule has 0 amide bonds. The van der Waals surface area contributed by atoms with E-state index < -0.39 is 29.2 Å². The molecule has 0 radical (unpaired) electrons. The van der Waals surface area contributed by atoms with Crippen LogP contribution in [-0.4, -0.2) is 27.4 Å². The number of hydrogen-bond acceptors (Lipinski definition) is 5. The molecule has 0 saturated heterocycles. The van der Waals surface area contributed by atoms with Gasteiger partial charge < -0.3 is 4.74 Å². The summed E-state index contributed by atoms with van der Waals surface area (Å²) >= 11 is 0. The highest BCUT2D eigenvalue weighted by Crippen LogP contribution is 2.29. The summed E-state index contributed by atoms with van der Waals surface area (Å²) in [5.74, 6) is -2.54. The summed E-state index contributed by atoms with van der Waals surface area (Å²) < 4.78 is 59.0. The highest BCUT2D eigenvalue weighted by molar-refractivity contribution is 5.64. The number of hydrogen-bond donors (Lipinski definition) is 0. The SMILES string of the molecule is CCOC=Nc1cc(-n2nc(C(F)(F)F)n(CC)c2=O)c(F)cc1C#N. The molecule has 0 bridgehead atoms. The smallest absolute Gasteiger partial charge is 0.451 e. The number of nitriles is 1. The molecule has 0 aliphatic heterocycles.